The summed E-state index contributed by atoms with van der Waals surface area (Å²) in [5, 5.41) is 3.83. The Morgan fingerprint density at radius 2 is 2.05 bits per heavy atom. The highest BCUT2D eigenvalue weighted by Crippen LogP contribution is 2.24. The zero-order valence-electron chi connectivity index (χ0n) is 12.0. The summed E-state index contributed by atoms with van der Waals surface area (Å²) in [7, 11) is -3.11. The SMILES string of the molecule is CCNC(c1ccc2cccnc2c1)C(C)S(C)(=O)=O. The van der Waals surface area contributed by atoms with Crippen LogP contribution in [0, 0.1) is 0 Å². The first kappa shape index (κ1) is 14.9. The lowest BCUT2D eigenvalue weighted by Crippen LogP contribution is -2.34. The molecule has 0 aliphatic rings. The van der Waals surface area contributed by atoms with Crippen LogP contribution in [-0.2, 0) is 9.84 Å². The second-order valence-electron chi connectivity index (χ2n) is 5.03. The second-order valence-corrected chi connectivity index (χ2v) is 7.43. The van der Waals surface area contributed by atoms with Crippen LogP contribution in [0.1, 0.15) is 25.5 Å². The maximum absolute atomic E-state index is 11.8. The van der Waals surface area contributed by atoms with Crippen molar-refractivity contribution in [3.63, 3.8) is 0 Å². The van der Waals surface area contributed by atoms with Gasteiger partial charge < -0.3 is 5.32 Å². The number of sulfone groups is 1. The lowest BCUT2D eigenvalue weighted by molar-refractivity contribution is 0.513. The Morgan fingerprint density at radius 1 is 1.30 bits per heavy atom. The van der Waals surface area contributed by atoms with Crippen LogP contribution in [-0.4, -0.2) is 31.5 Å². The number of aromatic nitrogens is 1. The molecule has 0 aliphatic heterocycles. The third-order valence-electron chi connectivity index (χ3n) is 3.56. The Bertz CT molecular complexity index is 698. The Hall–Kier alpha value is -1.46. The van der Waals surface area contributed by atoms with E-state index in [1.54, 1.807) is 13.1 Å². The Kier molecular flexibility index (Phi) is 4.40. The van der Waals surface area contributed by atoms with E-state index in [0.717, 1.165) is 16.5 Å². The molecule has 1 heterocycles. The molecule has 2 aromatic rings. The average Bonchev–Trinajstić information content (AvgIpc) is 2.42. The van der Waals surface area contributed by atoms with Gasteiger partial charge in [0.2, 0.25) is 0 Å². The fourth-order valence-corrected chi connectivity index (χ4v) is 3.05. The van der Waals surface area contributed by atoms with Crippen LogP contribution in [0.5, 0.6) is 0 Å². The predicted octanol–water partition coefficient (Wildman–Crippen LogP) is 2.32. The Balaban J connectivity index is 2.46. The normalized spacial score (nSPS) is 15.2. The van der Waals surface area contributed by atoms with Crippen molar-refractivity contribution in [2.75, 3.05) is 12.8 Å². The summed E-state index contributed by atoms with van der Waals surface area (Å²) in [5.41, 5.74) is 1.84. The van der Waals surface area contributed by atoms with E-state index in [4.69, 9.17) is 0 Å². The van der Waals surface area contributed by atoms with E-state index in [0.29, 0.717) is 6.54 Å². The summed E-state index contributed by atoms with van der Waals surface area (Å²) in [5.74, 6) is 0. The molecule has 2 atom stereocenters. The van der Waals surface area contributed by atoms with Crippen molar-refractivity contribution >= 4 is 20.7 Å². The van der Waals surface area contributed by atoms with Gasteiger partial charge in [-0.1, -0.05) is 25.1 Å². The third-order valence-corrected chi connectivity index (χ3v) is 5.18. The van der Waals surface area contributed by atoms with Crippen LogP contribution in [0.15, 0.2) is 36.5 Å². The highest BCUT2D eigenvalue weighted by atomic mass is 32.2. The van der Waals surface area contributed by atoms with Gasteiger partial charge in [0, 0.05) is 23.9 Å². The van der Waals surface area contributed by atoms with Gasteiger partial charge in [-0.15, -0.1) is 0 Å². The molecule has 4 nitrogen and oxygen atoms in total. The molecule has 1 aromatic heterocycles. The highest BCUT2D eigenvalue weighted by Gasteiger charge is 2.26. The summed E-state index contributed by atoms with van der Waals surface area (Å²) in [6, 6.07) is 9.58. The molecule has 0 saturated carbocycles. The number of hydrogen-bond acceptors (Lipinski definition) is 4. The molecule has 20 heavy (non-hydrogen) atoms. The molecule has 108 valence electrons. The molecule has 0 fully saturated rings. The predicted molar refractivity (Wildman–Crippen MR) is 82.5 cm³/mol. The molecular formula is C15H20N2O2S. The molecule has 0 bridgehead atoms. The smallest absolute Gasteiger partial charge is 0.151 e. The average molecular weight is 292 g/mol. The minimum Gasteiger partial charge on any atom is -0.309 e. The van der Waals surface area contributed by atoms with Crippen LogP contribution < -0.4 is 5.32 Å². The largest absolute Gasteiger partial charge is 0.309 e. The standard InChI is InChI=1S/C15H20N2O2S/c1-4-16-15(11(2)20(3,18)19)13-8-7-12-6-5-9-17-14(12)10-13/h5-11,15-16H,4H2,1-3H3. The van der Waals surface area contributed by atoms with Gasteiger partial charge in [-0.2, -0.15) is 0 Å². The van der Waals surface area contributed by atoms with Gasteiger partial charge in [-0.05, 0) is 31.2 Å². The zero-order chi connectivity index (χ0) is 14.8. The number of pyridine rings is 1. The summed E-state index contributed by atoms with van der Waals surface area (Å²) in [6.07, 6.45) is 3.02. The number of benzene rings is 1. The first-order chi connectivity index (χ1) is 9.43. The van der Waals surface area contributed by atoms with E-state index in [-0.39, 0.29) is 6.04 Å². The topological polar surface area (TPSA) is 59.1 Å². The van der Waals surface area contributed by atoms with Gasteiger partial charge in [0.25, 0.3) is 0 Å². The molecule has 1 N–H and O–H groups in total. The molecular weight excluding hydrogens is 272 g/mol. The van der Waals surface area contributed by atoms with Crippen LogP contribution in [0.2, 0.25) is 0 Å². The molecule has 0 spiro atoms. The van der Waals surface area contributed by atoms with E-state index >= 15 is 0 Å². The van der Waals surface area contributed by atoms with Crippen LogP contribution in [0.4, 0.5) is 0 Å². The van der Waals surface area contributed by atoms with E-state index < -0.39 is 15.1 Å². The zero-order valence-corrected chi connectivity index (χ0v) is 12.8. The fourth-order valence-electron chi connectivity index (χ4n) is 2.30. The maximum atomic E-state index is 11.8. The summed E-state index contributed by atoms with van der Waals surface area (Å²) in [4.78, 5) is 4.33. The third kappa shape index (κ3) is 3.16. The van der Waals surface area contributed by atoms with Crippen molar-refractivity contribution in [2.24, 2.45) is 0 Å². The second kappa shape index (κ2) is 5.89. The van der Waals surface area contributed by atoms with E-state index in [9.17, 15) is 8.42 Å². The minimum absolute atomic E-state index is 0.221. The number of nitrogens with one attached hydrogen (secondary N) is 1. The fraction of sp³-hybridized carbons (Fsp3) is 0.400. The number of hydrogen-bond donors (Lipinski definition) is 1. The van der Waals surface area contributed by atoms with Crippen LogP contribution in [0.25, 0.3) is 10.9 Å². The van der Waals surface area contributed by atoms with Crippen molar-refractivity contribution < 1.29 is 8.42 Å². The van der Waals surface area contributed by atoms with Crippen molar-refractivity contribution in [2.45, 2.75) is 25.1 Å². The molecule has 0 amide bonds. The summed E-state index contributed by atoms with van der Waals surface area (Å²) >= 11 is 0. The van der Waals surface area contributed by atoms with Crippen molar-refractivity contribution in [3.8, 4) is 0 Å². The molecule has 0 aliphatic carbocycles. The molecule has 2 unspecified atom stereocenters. The van der Waals surface area contributed by atoms with Crippen molar-refractivity contribution in [1.29, 1.82) is 0 Å². The van der Waals surface area contributed by atoms with Gasteiger partial charge >= 0.3 is 0 Å². The number of nitrogens with zero attached hydrogens (tertiary/aromatic N) is 1. The van der Waals surface area contributed by atoms with E-state index in [2.05, 4.69) is 10.3 Å². The van der Waals surface area contributed by atoms with Gasteiger partial charge in [0.05, 0.1) is 10.8 Å². The molecule has 0 saturated heterocycles. The Labute approximate surface area is 120 Å². The van der Waals surface area contributed by atoms with Gasteiger partial charge in [0.15, 0.2) is 9.84 Å². The quantitative estimate of drug-likeness (QED) is 0.919. The number of fused-ring (bicyclic) bond motifs is 1. The van der Waals surface area contributed by atoms with Gasteiger partial charge in [0.1, 0.15) is 0 Å². The van der Waals surface area contributed by atoms with Gasteiger partial charge in [-0.3, -0.25) is 4.98 Å². The molecule has 5 heteroatoms. The van der Waals surface area contributed by atoms with Crippen LogP contribution in [0.3, 0.4) is 0 Å². The first-order valence-corrected chi connectivity index (χ1v) is 8.66. The van der Waals surface area contributed by atoms with Crippen LogP contribution >= 0.6 is 0 Å². The summed E-state index contributed by atoms with van der Waals surface area (Å²) < 4.78 is 23.7. The molecule has 1 aromatic carbocycles. The highest BCUT2D eigenvalue weighted by molar-refractivity contribution is 7.91. The monoisotopic (exact) mass is 292 g/mol. The van der Waals surface area contributed by atoms with E-state index in [1.165, 1.54) is 6.26 Å². The minimum atomic E-state index is -3.11. The molecule has 2 rings (SSSR count). The first-order valence-electron chi connectivity index (χ1n) is 6.70. The summed E-state index contributed by atoms with van der Waals surface area (Å²) in [6.45, 7) is 4.43. The maximum Gasteiger partial charge on any atom is 0.151 e. The lowest BCUT2D eigenvalue weighted by atomic mass is 10.0. The van der Waals surface area contributed by atoms with E-state index in [1.807, 2.05) is 37.3 Å². The Morgan fingerprint density at radius 3 is 2.70 bits per heavy atom. The number of rotatable bonds is 5. The van der Waals surface area contributed by atoms with Crippen molar-refractivity contribution in [3.05, 3.63) is 42.1 Å². The lowest BCUT2D eigenvalue weighted by Gasteiger charge is -2.24. The van der Waals surface area contributed by atoms with Gasteiger partial charge in [-0.25, -0.2) is 8.42 Å². The molecule has 0 radical (unpaired) electrons. The van der Waals surface area contributed by atoms with Crippen molar-refractivity contribution in [1.82, 2.24) is 10.3 Å².